The summed E-state index contributed by atoms with van der Waals surface area (Å²) < 4.78 is 1.75. The number of aromatic nitrogens is 2. The minimum atomic E-state index is -0.411. The normalized spacial score (nSPS) is 15.8. The summed E-state index contributed by atoms with van der Waals surface area (Å²) in [5.74, 6) is 0.349. The molecule has 0 atom stereocenters. The molecule has 1 aliphatic rings. The van der Waals surface area contributed by atoms with E-state index in [1.807, 2.05) is 25.2 Å². The van der Waals surface area contributed by atoms with Crippen LogP contribution >= 0.6 is 15.9 Å². The number of anilines is 1. The van der Waals surface area contributed by atoms with Crippen molar-refractivity contribution >= 4 is 44.6 Å². The van der Waals surface area contributed by atoms with Gasteiger partial charge < -0.3 is 0 Å². The van der Waals surface area contributed by atoms with Gasteiger partial charge in [-0.3, -0.25) is 19.7 Å². The molecule has 1 aromatic heterocycles. The molecule has 20 heavy (non-hydrogen) atoms. The van der Waals surface area contributed by atoms with Gasteiger partial charge in [0.15, 0.2) is 5.82 Å². The lowest BCUT2D eigenvalue weighted by Crippen LogP contribution is -2.49. The molecule has 104 valence electrons. The van der Waals surface area contributed by atoms with Crippen LogP contribution in [-0.4, -0.2) is 28.3 Å². The molecule has 1 aromatic carbocycles. The van der Waals surface area contributed by atoms with E-state index in [0.717, 1.165) is 21.8 Å². The van der Waals surface area contributed by atoms with Gasteiger partial charge >= 0.3 is 6.03 Å². The molecule has 0 radical (unpaired) electrons. The van der Waals surface area contributed by atoms with Crippen molar-refractivity contribution in [3.05, 3.63) is 23.8 Å². The van der Waals surface area contributed by atoms with Crippen LogP contribution in [0.25, 0.3) is 10.9 Å². The van der Waals surface area contributed by atoms with Crippen LogP contribution in [0.1, 0.15) is 12.0 Å². The largest absolute Gasteiger partial charge is 0.329 e. The second kappa shape index (κ2) is 4.90. The highest BCUT2D eigenvalue weighted by Crippen LogP contribution is 2.28. The number of nitrogens with zero attached hydrogens (tertiary/aromatic N) is 3. The van der Waals surface area contributed by atoms with Crippen LogP contribution in [0.2, 0.25) is 0 Å². The van der Waals surface area contributed by atoms with Crippen LogP contribution in [0.15, 0.2) is 18.2 Å². The lowest BCUT2D eigenvalue weighted by Gasteiger charge is -2.24. The van der Waals surface area contributed by atoms with Gasteiger partial charge in [0.05, 0.1) is 5.52 Å². The Labute approximate surface area is 123 Å². The van der Waals surface area contributed by atoms with Crippen molar-refractivity contribution in [2.24, 2.45) is 7.05 Å². The molecule has 0 spiro atoms. The van der Waals surface area contributed by atoms with Gasteiger partial charge in [0.25, 0.3) is 0 Å². The number of aryl methyl sites for hydroxylation is 1. The molecule has 3 rings (SSSR count). The number of nitrogens with one attached hydrogen (secondary N) is 1. The summed E-state index contributed by atoms with van der Waals surface area (Å²) in [6.07, 6.45) is 0.295. The lowest BCUT2D eigenvalue weighted by molar-refractivity contribution is -0.120. The predicted molar refractivity (Wildman–Crippen MR) is 78.8 cm³/mol. The number of urea groups is 1. The van der Waals surface area contributed by atoms with E-state index in [1.54, 1.807) is 4.68 Å². The van der Waals surface area contributed by atoms with Crippen LogP contribution in [0.4, 0.5) is 10.6 Å². The molecule has 1 saturated heterocycles. The first-order valence-corrected chi connectivity index (χ1v) is 7.35. The van der Waals surface area contributed by atoms with Crippen LogP contribution in [-0.2, 0) is 17.2 Å². The predicted octanol–water partition coefficient (Wildman–Crippen LogP) is 1.91. The van der Waals surface area contributed by atoms with Gasteiger partial charge in [0.2, 0.25) is 5.91 Å². The number of carbonyl (C=O) groups excluding carboxylic acids is 2. The van der Waals surface area contributed by atoms with Gasteiger partial charge in [-0.2, -0.15) is 5.10 Å². The highest BCUT2D eigenvalue weighted by Gasteiger charge is 2.27. The van der Waals surface area contributed by atoms with E-state index >= 15 is 0 Å². The van der Waals surface area contributed by atoms with E-state index in [1.165, 1.54) is 4.90 Å². The van der Waals surface area contributed by atoms with Crippen LogP contribution < -0.4 is 10.2 Å². The average Bonchev–Trinajstić information content (AvgIpc) is 2.75. The molecular formula is C13H13BrN4O2. The van der Waals surface area contributed by atoms with Crippen molar-refractivity contribution in [3.63, 3.8) is 0 Å². The summed E-state index contributed by atoms with van der Waals surface area (Å²) >= 11 is 3.43. The number of imide groups is 1. The van der Waals surface area contributed by atoms with E-state index in [0.29, 0.717) is 18.8 Å². The fraction of sp³-hybridized carbons (Fsp3) is 0.308. The van der Waals surface area contributed by atoms with E-state index in [2.05, 4.69) is 26.3 Å². The van der Waals surface area contributed by atoms with Crippen molar-refractivity contribution in [1.82, 2.24) is 15.1 Å². The Morgan fingerprint density at radius 3 is 2.90 bits per heavy atom. The zero-order valence-electron chi connectivity index (χ0n) is 10.9. The fourth-order valence-electron chi connectivity index (χ4n) is 2.33. The zero-order valence-corrected chi connectivity index (χ0v) is 12.5. The van der Waals surface area contributed by atoms with Crippen molar-refractivity contribution in [2.45, 2.75) is 11.8 Å². The summed E-state index contributed by atoms with van der Waals surface area (Å²) in [4.78, 5) is 24.6. The molecule has 7 heteroatoms. The van der Waals surface area contributed by atoms with E-state index in [9.17, 15) is 9.59 Å². The topological polar surface area (TPSA) is 67.2 Å². The van der Waals surface area contributed by atoms with Crippen molar-refractivity contribution in [1.29, 1.82) is 0 Å². The first-order chi connectivity index (χ1) is 9.60. The number of benzene rings is 1. The first kappa shape index (κ1) is 13.1. The number of hydrogen-bond acceptors (Lipinski definition) is 3. The van der Waals surface area contributed by atoms with Gasteiger partial charge in [-0.05, 0) is 17.7 Å². The molecule has 0 bridgehead atoms. The molecule has 0 aliphatic carbocycles. The zero-order chi connectivity index (χ0) is 14.3. The lowest BCUT2D eigenvalue weighted by atomic mass is 10.1. The van der Waals surface area contributed by atoms with Crippen molar-refractivity contribution in [3.8, 4) is 0 Å². The molecular weight excluding hydrogens is 324 g/mol. The molecule has 1 aliphatic heterocycles. The number of fused-ring (bicyclic) bond motifs is 1. The smallest absolute Gasteiger partial charge is 0.278 e. The van der Waals surface area contributed by atoms with Crippen molar-refractivity contribution < 1.29 is 9.59 Å². The summed E-state index contributed by atoms with van der Waals surface area (Å²) in [7, 11) is 1.84. The molecule has 0 saturated carbocycles. The third-order valence-corrected chi connectivity index (χ3v) is 4.01. The minimum Gasteiger partial charge on any atom is -0.278 e. The number of alkyl halides is 1. The molecule has 6 nitrogen and oxygen atoms in total. The molecule has 1 N–H and O–H groups in total. The minimum absolute atomic E-state index is 0.243. The second-order valence-corrected chi connectivity index (χ2v) is 5.25. The number of hydrogen-bond donors (Lipinski definition) is 1. The van der Waals surface area contributed by atoms with E-state index in [-0.39, 0.29) is 5.91 Å². The maximum atomic E-state index is 11.9. The standard InChI is InChI=1S/C13H13BrN4O2/c1-17-10-6-8(7-14)2-3-9(10)12(16-17)18-5-4-11(19)15-13(18)20/h2-3,6H,4-5,7H2,1H3,(H,15,19,20). The molecule has 2 aromatic rings. The fourth-order valence-corrected chi connectivity index (χ4v) is 2.68. The van der Waals surface area contributed by atoms with Crippen LogP contribution in [0.5, 0.6) is 0 Å². The van der Waals surface area contributed by atoms with E-state index in [4.69, 9.17) is 0 Å². The average molecular weight is 337 g/mol. The highest BCUT2D eigenvalue weighted by molar-refractivity contribution is 9.08. The van der Waals surface area contributed by atoms with Gasteiger partial charge in [-0.25, -0.2) is 4.79 Å². The summed E-state index contributed by atoms with van der Waals surface area (Å²) in [6.45, 7) is 0.358. The number of amides is 3. The van der Waals surface area contributed by atoms with Crippen LogP contribution in [0, 0.1) is 0 Å². The summed E-state index contributed by atoms with van der Waals surface area (Å²) in [5.41, 5.74) is 2.10. The van der Waals surface area contributed by atoms with Crippen molar-refractivity contribution in [2.75, 3.05) is 11.4 Å². The number of carbonyl (C=O) groups is 2. The third-order valence-electron chi connectivity index (χ3n) is 3.36. The van der Waals surface area contributed by atoms with Crippen LogP contribution in [0.3, 0.4) is 0 Å². The summed E-state index contributed by atoms with van der Waals surface area (Å²) in [6, 6.07) is 5.58. The Morgan fingerprint density at radius 1 is 1.40 bits per heavy atom. The Balaban J connectivity index is 2.08. The molecule has 3 amide bonds. The molecule has 0 unspecified atom stereocenters. The quantitative estimate of drug-likeness (QED) is 0.852. The molecule has 1 fully saturated rings. The second-order valence-electron chi connectivity index (χ2n) is 4.69. The van der Waals surface area contributed by atoms with Gasteiger partial charge in [-0.15, -0.1) is 0 Å². The Morgan fingerprint density at radius 2 is 2.20 bits per heavy atom. The van der Waals surface area contributed by atoms with E-state index < -0.39 is 6.03 Å². The number of rotatable bonds is 2. The molecule has 2 heterocycles. The Kier molecular flexibility index (Phi) is 3.21. The van der Waals surface area contributed by atoms with Gasteiger partial charge in [-0.1, -0.05) is 22.0 Å². The first-order valence-electron chi connectivity index (χ1n) is 6.23. The SMILES string of the molecule is Cn1nc(N2CCC(=O)NC2=O)c2ccc(CBr)cc21. The van der Waals surface area contributed by atoms with Gasteiger partial charge in [0.1, 0.15) is 0 Å². The Bertz CT molecular complexity index is 710. The maximum Gasteiger partial charge on any atom is 0.329 e. The van der Waals surface area contributed by atoms with Gasteiger partial charge in [0, 0.05) is 30.7 Å². The monoisotopic (exact) mass is 336 g/mol. The third kappa shape index (κ3) is 2.07. The number of halogens is 1. The Hall–Kier alpha value is -1.89. The maximum absolute atomic E-state index is 11.9. The highest BCUT2D eigenvalue weighted by atomic mass is 79.9. The summed E-state index contributed by atoms with van der Waals surface area (Å²) in [5, 5.41) is 8.41.